The highest BCUT2D eigenvalue weighted by Gasteiger charge is 2.18. The lowest BCUT2D eigenvalue weighted by Gasteiger charge is -2.16. The fraction of sp³-hybridized carbons (Fsp3) is 0.533. The van der Waals surface area contributed by atoms with Gasteiger partial charge in [0.05, 0.1) is 6.54 Å². The fourth-order valence-corrected chi connectivity index (χ4v) is 2.46. The van der Waals surface area contributed by atoms with Crippen molar-refractivity contribution in [2.24, 2.45) is 10.7 Å². The number of aliphatic imine (C=N–C) groups is 1. The lowest BCUT2D eigenvalue weighted by atomic mass is 10.1. The lowest BCUT2D eigenvalue weighted by Crippen LogP contribution is -2.34. The molecule has 1 unspecified atom stereocenters. The third-order valence-corrected chi connectivity index (χ3v) is 4.72. The SMILES string of the molecule is CC(C)(C)S(=O)CCN=C(N)NCCc1ccccc1.I. The van der Waals surface area contributed by atoms with Crippen molar-refractivity contribution in [3.8, 4) is 0 Å². The summed E-state index contributed by atoms with van der Waals surface area (Å²) in [6, 6.07) is 10.2. The van der Waals surface area contributed by atoms with Crippen LogP contribution in [0.25, 0.3) is 0 Å². The van der Waals surface area contributed by atoms with Crippen molar-refractivity contribution < 1.29 is 4.21 Å². The molecule has 0 aromatic heterocycles. The zero-order valence-corrected chi connectivity index (χ0v) is 16.1. The monoisotopic (exact) mass is 423 g/mol. The maximum absolute atomic E-state index is 11.8. The van der Waals surface area contributed by atoms with Crippen LogP contribution in [0.1, 0.15) is 26.3 Å². The van der Waals surface area contributed by atoms with Gasteiger partial charge in [0.25, 0.3) is 0 Å². The third kappa shape index (κ3) is 9.08. The quantitative estimate of drug-likeness (QED) is 0.419. The van der Waals surface area contributed by atoms with E-state index in [9.17, 15) is 4.21 Å². The van der Waals surface area contributed by atoms with E-state index in [4.69, 9.17) is 5.73 Å². The summed E-state index contributed by atoms with van der Waals surface area (Å²) in [7, 11) is -0.880. The van der Waals surface area contributed by atoms with Crippen molar-refractivity contribution in [3.63, 3.8) is 0 Å². The second kappa shape index (κ2) is 10.2. The first-order valence-corrected chi connectivity index (χ1v) is 8.17. The standard InChI is InChI=1S/C15H25N3OS.HI/c1-15(2,3)20(19)12-11-18-14(16)17-10-9-13-7-5-4-6-8-13;/h4-8H,9-12H2,1-3H3,(H3,16,17,18);1H. The molecule has 120 valence electrons. The van der Waals surface area contributed by atoms with E-state index in [0.717, 1.165) is 13.0 Å². The second-order valence-corrected chi connectivity index (χ2v) is 7.92. The number of guanidine groups is 1. The summed E-state index contributed by atoms with van der Waals surface area (Å²) in [5, 5.41) is 3.07. The highest BCUT2D eigenvalue weighted by Crippen LogP contribution is 2.10. The molecule has 1 rings (SSSR count). The molecule has 0 radical (unpaired) electrons. The molecule has 3 N–H and O–H groups in total. The fourth-order valence-electron chi connectivity index (χ4n) is 1.59. The van der Waals surface area contributed by atoms with Gasteiger partial charge in [-0.15, -0.1) is 24.0 Å². The van der Waals surface area contributed by atoms with Crippen molar-refractivity contribution >= 4 is 40.7 Å². The zero-order chi connectivity index (χ0) is 15.0. The minimum absolute atomic E-state index is 0. The summed E-state index contributed by atoms with van der Waals surface area (Å²) in [4.78, 5) is 4.20. The van der Waals surface area contributed by atoms with Gasteiger partial charge in [-0.2, -0.15) is 0 Å². The minimum Gasteiger partial charge on any atom is -0.370 e. The zero-order valence-electron chi connectivity index (χ0n) is 13.0. The number of nitrogens with two attached hydrogens (primary N) is 1. The average molecular weight is 423 g/mol. The molecule has 0 saturated carbocycles. The molecule has 1 aromatic carbocycles. The number of hydrogen-bond donors (Lipinski definition) is 2. The molecule has 0 spiro atoms. The van der Waals surface area contributed by atoms with E-state index in [1.165, 1.54) is 5.56 Å². The Morgan fingerprint density at radius 2 is 1.90 bits per heavy atom. The predicted molar refractivity (Wildman–Crippen MR) is 103 cm³/mol. The second-order valence-electron chi connectivity index (χ2n) is 5.59. The smallest absolute Gasteiger partial charge is 0.188 e. The summed E-state index contributed by atoms with van der Waals surface area (Å²) >= 11 is 0. The highest BCUT2D eigenvalue weighted by molar-refractivity contribution is 14.0. The maximum atomic E-state index is 11.8. The first-order chi connectivity index (χ1) is 9.39. The van der Waals surface area contributed by atoms with Crippen LogP contribution in [0.15, 0.2) is 35.3 Å². The minimum atomic E-state index is -0.880. The van der Waals surface area contributed by atoms with Crippen LogP contribution < -0.4 is 11.1 Å². The Morgan fingerprint density at radius 3 is 2.48 bits per heavy atom. The molecule has 1 aromatic rings. The molecule has 0 aliphatic carbocycles. The number of nitrogens with zero attached hydrogens (tertiary/aromatic N) is 1. The molecule has 0 aliphatic heterocycles. The van der Waals surface area contributed by atoms with Crippen LogP contribution in [0.3, 0.4) is 0 Å². The van der Waals surface area contributed by atoms with Crippen molar-refractivity contribution in [1.29, 1.82) is 0 Å². The molecule has 0 fully saturated rings. The van der Waals surface area contributed by atoms with Gasteiger partial charge in [0.1, 0.15) is 0 Å². The molecule has 4 nitrogen and oxygen atoms in total. The molecular weight excluding hydrogens is 397 g/mol. The molecule has 0 heterocycles. The first kappa shape index (κ1) is 20.4. The van der Waals surface area contributed by atoms with Gasteiger partial charge in [-0.1, -0.05) is 30.3 Å². The first-order valence-electron chi connectivity index (χ1n) is 6.86. The van der Waals surface area contributed by atoms with Crippen LogP contribution in [0.5, 0.6) is 0 Å². The largest absolute Gasteiger partial charge is 0.370 e. The average Bonchev–Trinajstić information content (AvgIpc) is 2.38. The van der Waals surface area contributed by atoms with Gasteiger partial charge in [-0.05, 0) is 32.8 Å². The van der Waals surface area contributed by atoms with Crippen LogP contribution in [0.4, 0.5) is 0 Å². The Kier molecular flexibility index (Phi) is 9.85. The Labute approximate surface area is 147 Å². The van der Waals surface area contributed by atoms with Gasteiger partial charge in [0.15, 0.2) is 5.96 Å². The highest BCUT2D eigenvalue weighted by atomic mass is 127. The van der Waals surface area contributed by atoms with Gasteiger partial charge < -0.3 is 11.1 Å². The molecular formula is C15H26IN3OS. The Hall–Kier alpha value is -0.630. The van der Waals surface area contributed by atoms with E-state index in [-0.39, 0.29) is 28.7 Å². The van der Waals surface area contributed by atoms with E-state index >= 15 is 0 Å². The van der Waals surface area contributed by atoms with Gasteiger partial charge in [-0.25, -0.2) is 0 Å². The van der Waals surface area contributed by atoms with E-state index in [2.05, 4.69) is 22.4 Å². The number of halogens is 1. The van der Waals surface area contributed by atoms with Gasteiger partial charge >= 0.3 is 0 Å². The molecule has 21 heavy (non-hydrogen) atoms. The molecule has 0 saturated heterocycles. The van der Waals surface area contributed by atoms with Gasteiger partial charge in [-0.3, -0.25) is 9.20 Å². The van der Waals surface area contributed by atoms with E-state index in [1.807, 2.05) is 39.0 Å². The van der Waals surface area contributed by atoms with Crippen LogP contribution in [0, 0.1) is 0 Å². The maximum Gasteiger partial charge on any atom is 0.188 e. The van der Waals surface area contributed by atoms with Gasteiger partial charge in [0.2, 0.25) is 0 Å². The van der Waals surface area contributed by atoms with E-state index in [0.29, 0.717) is 18.3 Å². The summed E-state index contributed by atoms with van der Waals surface area (Å²) in [5.74, 6) is 0.969. The van der Waals surface area contributed by atoms with Crippen molar-refractivity contribution in [2.45, 2.75) is 31.9 Å². The van der Waals surface area contributed by atoms with Crippen LogP contribution in [-0.4, -0.2) is 33.8 Å². The number of hydrogen-bond acceptors (Lipinski definition) is 2. The Bertz CT molecular complexity index is 458. The van der Waals surface area contributed by atoms with Gasteiger partial charge in [0, 0.05) is 27.8 Å². The van der Waals surface area contributed by atoms with E-state index in [1.54, 1.807) is 0 Å². The molecule has 6 heteroatoms. The Balaban J connectivity index is 0.00000400. The number of benzene rings is 1. The van der Waals surface area contributed by atoms with Crippen LogP contribution in [-0.2, 0) is 17.2 Å². The van der Waals surface area contributed by atoms with Crippen LogP contribution in [0.2, 0.25) is 0 Å². The molecule has 1 atom stereocenters. The third-order valence-electron chi connectivity index (χ3n) is 2.80. The van der Waals surface area contributed by atoms with Crippen molar-refractivity contribution in [2.75, 3.05) is 18.8 Å². The topological polar surface area (TPSA) is 67.5 Å². The summed E-state index contributed by atoms with van der Waals surface area (Å²) in [6.07, 6.45) is 0.908. The number of rotatable bonds is 6. The Morgan fingerprint density at radius 1 is 1.29 bits per heavy atom. The van der Waals surface area contributed by atoms with Crippen molar-refractivity contribution in [1.82, 2.24) is 5.32 Å². The summed E-state index contributed by atoms with van der Waals surface area (Å²) in [6.45, 7) is 7.15. The van der Waals surface area contributed by atoms with Crippen LogP contribution >= 0.6 is 24.0 Å². The number of nitrogens with one attached hydrogen (secondary N) is 1. The molecule has 0 bridgehead atoms. The lowest BCUT2D eigenvalue weighted by molar-refractivity contribution is 0.648. The predicted octanol–water partition coefficient (Wildman–Crippen LogP) is 2.30. The molecule has 0 aliphatic rings. The normalized spacial score (nSPS) is 13.4. The van der Waals surface area contributed by atoms with E-state index < -0.39 is 10.8 Å². The summed E-state index contributed by atoms with van der Waals surface area (Å²) in [5.41, 5.74) is 7.04. The summed E-state index contributed by atoms with van der Waals surface area (Å²) < 4.78 is 11.6. The molecule has 0 amide bonds. The van der Waals surface area contributed by atoms with Crippen molar-refractivity contribution in [3.05, 3.63) is 35.9 Å².